The first-order chi connectivity index (χ1) is 6.59. The highest BCUT2D eigenvalue weighted by Crippen LogP contribution is 2.09. The van der Waals surface area contributed by atoms with Crippen LogP contribution >= 0.6 is 0 Å². The highest BCUT2D eigenvalue weighted by Gasteiger charge is 2.01. The van der Waals surface area contributed by atoms with Crippen molar-refractivity contribution in [2.45, 2.75) is 13.0 Å². The van der Waals surface area contributed by atoms with Gasteiger partial charge < -0.3 is 16.2 Å². The van der Waals surface area contributed by atoms with Crippen LogP contribution in [0.1, 0.15) is 17.3 Å². The predicted molar refractivity (Wildman–Crippen MR) is 55.1 cm³/mol. The van der Waals surface area contributed by atoms with Crippen LogP contribution in [0.5, 0.6) is 0 Å². The number of nitrogens with one attached hydrogen (secondary N) is 1. The minimum absolute atomic E-state index is 0.424. The Morgan fingerprint density at radius 3 is 2.93 bits per heavy atom. The summed E-state index contributed by atoms with van der Waals surface area (Å²) in [5.74, 6) is -0.453. The number of hydrogen-bond donors (Lipinski definition) is 3. The smallest absolute Gasteiger partial charge is 0.248 e. The van der Waals surface area contributed by atoms with E-state index in [1.54, 1.807) is 25.1 Å². The summed E-state index contributed by atoms with van der Waals surface area (Å²) < 4.78 is 0. The molecule has 76 valence electrons. The van der Waals surface area contributed by atoms with Gasteiger partial charge in [-0.2, -0.15) is 0 Å². The van der Waals surface area contributed by atoms with Crippen LogP contribution in [0.15, 0.2) is 24.3 Å². The number of hydrogen-bond acceptors (Lipinski definition) is 3. The second-order valence-electron chi connectivity index (χ2n) is 3.17. The van der Waals surface area contributed by atoms with E-state index < -0.39 is 12.0 Å². The lowest BCUT2D eigenvalue weighted by Crippen LogP contribution is -2.16. The molecule has 1 unspecified atom stereocenters. The van der Waals surface area contributed by atoms with Crippen LogP contribution in [0.3, 0.4) is 0 Å². The molecule has 1 amide bonds. The highest BCUT2D eigenvalue weighted by molar-refractivity contribution is 5.93. The van der Waals surface area contributed by atoms with E-state index in [0.717, 1.165) is 5.69 Å². The number of aliphatic hydroxyl groups excluding tert-OH is 1. The van der Waals surface area contributed by atoms with Gasteiger partial charge in [-0.3, -0.25) is 4.79 Å². The summed E-state index contributed by atoms with van der Waals surface area (Å²) in [6.07, 6.45) is -0.424. The van der Waals surface area contributed by atoms with E-state index in [1.165, 1.54) is 0 Å². The number of rotatable bonds is 4. The van der Waals surface area contributed by atoms with Gasteiger partial charge in [0.2, 0.25) is 5.91 Å². The number of nitrogens with two attached hydrogens (primary N) is 1. The third-order valence-corrected chi connectivity index (χ3v) is 1.75. The quantitative estimate of drug-likeness (QED) is 0.656. The number of benzene rings is 1. The Kier molecular flexibility index (Phi) is 3.48. The Balaban J connectivity index is 2.69. The molecule has 1 rings (SSSR count). The molecule has 0 radical (unpaired) electrons. The topological polar surface area (TPSA) is 75.3 Å². The Hall–Kier alpha value is -1.55. The number of carbonyl (C=O) groups excluding carboxylic acids is 1. The van der Waals surface area contributed by atoms with E-state index in [-0.39, 0.29) is 0 Å². The average Bonchev–Trinajstić information content (AvgIpc) is 2.15. The number of aliphatic hydroxyl groups is 1. The summed E-state index contributed by atoms with van der Waals surface area (Å²) in [4.78, 5) is 10.8. The Labute approximate surface area is 82.7 Å². The van der Waals surface area contributed by atoms with Crippen molar-refractivity contribution in [2.24, 2.45) is 5.73 Å². The molecular weight excluding hydrogens is 180 g/mol. The number of anilines is 1. The Morgan fingerprint density at radius 2 is 2.36 bits per heavy atom. The largest absolute Gasteiger partial charge is 0.392 e. The lowest BCUT2D eigenvalue weighted by molar-refractivity contribution is 0.100. The second-order valence-corrected chi connectivity index (χ2v) is 3.17. The maximum atomic E-state index is 10.8. The van der Waals surface area contributed by atoms with Crippen molar-refractivity contribution in [3.63, 3.8) is 0 Å². The van der Waals surface area contributed by atoms with Crippen LogP contribution in [0, 0.1) is 0 Å². The molecule has 0 bridgehead atoms. The average molecular weight is 194 g/mol. The fourth-order valence-electron chi connectivity index (χ4n) is 1.05. The van der Waals surface area contributed by atoms with Crippen molar-refractivity contribution in [1.29, 1.82) is 0 Å². The van der Waals surface area contributed by atoms with Gasteiger partial charge in [0.1, 0.15) is 0 Å². The van der Waals surface area contributed by atoms with Gasteiger partial charge in [-0.15, -0.1) is 0 Å². The van der Waals surface area contributed by atoms with E-state index in [9.17, 15) is 4.79 Å². The monoisotopic (exact) mass is 194 g/mol. The van der Waals surface area contributed by atoms with E-state index in [0.29, 0.717) is 12.1 Å². The van der Waals surface area contributed by atoms with Crippen LogP contribution in [0.4, 0.5) is 5.69 Å². The summed E-state index contributed by atoms with van der Waals surface area (Å²) >= 11 is 0. The van der Waals surface area contributed by atoms with Gasteiger partial charge in [0, 0.05) is 17.8 Å². The number of amides is 1. The van der Waals surface area contributed by atoms with Gasteiger partial charge in [-0.1, -0.05) is 6.07 Å². The maximum Gasteiger partial charge on any atom is 0.248 e. The summed E-state index contributed by atoms with van der Waals surface area (Å²) in [5, 5.41) is 12.0. The summed E-state index contributed by atoms with van der Waals surface area (Å²) in [5.41, 5.74) is 6.36. The van der Waals surface area contributed by atoms with Crippen LogP contribution < -0.4 is 11.1 Å². The van der Waals surface area contributed by atoms with Crippen LogP contribution in [0.2, 0.25) is 0 Å². The minimum Gasteiger partial charge on any atom is -0.392 e. The van der Waals surface area contributed by atoms with Crippen molar-refractivity contribution >= 4 is 11.6 Å². The third kappa shape index (κ3) is 3.06. The van der Waals surface area contributed by atoms with Gasteiger partial charge in [-0.25, -0.2) is 0 Å². The van der Waals surface area contributed by atoms with Gasteiger partial charge in [0.05, 0.1) is 6.10 Å². The summed E-state index contributed by atoms with van der Waals surface area (Å²) in [6.45, 7) is 2.13. The van der Waals surface area contributed by atoms with E-state index in [4.69, 9.17) is 10.8 Å². The SMILES string of the molecule is CC(O)CNc1cccc(C(N)=O)c1. The summed E-state index contributed by atoms with van der Waals surface area (Å²) in [6, 6.07) is 6.86. The van der Waals surface area contributed by atoms with Gasteiger partial charge in [0.15, 0.2) is 0 Å². The van der Waals surface area contributed by atoms with Crippen molar-refractivity contribution < 1.29 is 9.90 Å². The predicted octanol–water partition coefficient (Wildman–Crippen LogP) is 0.578. The number of primary amides is 1. The first kappa shape index (κ1) is 10.5. The number of carbonyl (C=O) groups is 1. The van der Waals surface area contributed by atoms with E-state index >= 15 is 0 Å². The third-order valence-electron chi connectivity index (χ3n) is 1.75. The molecule has 0 aliphatic rings. The molecule has 0 aliphatic carbocycles. The summed E-state index contributed by atoms with van der Waals surface area (Å²) in [7, 11) is 0. The molecule has 0 heterocycles. The standard InChI is InChI=1S/C10H14N2O2/c1-7(13)6-12-9-4-2-3-8(5-9)10(11)14/h2-5,7,12-13H,6H2,1H3,(H2,11,14). The zero-order valence-electron chi connectivity index (χ0n) is 8.03. The zero-order chi connectivity index (χ0) is 10.6. The van der Waals surface area contributed by atoms with E-state index in [2.05, 4.69) is 5.32 Å². The molecule has 0 spiro atoms. The fourth-order valence-corrected chi connectivity index (χ4v) is 1.05. The van der Waals surface area contributed by atoms with Crippen LogP contribution in [-0.2, 0) is 0 Å². The van der Waals surface area contributed by atoms with Crippen LogP contribution in [0.25, 0.3) is 0 Å². The minimum atomic E-state index is -0.453. The molecule has 0 fully saturated rings. The van der Waals surface area contributed by atoms with Gasteiger partial charge in [0.25, 0.3) is 0 Å². The van der Waals surface area contributed by atoms with E-state index in [1.807, 2.05) is 6.07 Å². The Bertz CT molecular complexity index is 324. The molecule has 14 heavy (non-hydrogen) atoms. The molecule has 0 saturated heterocycles. The first-order valence-electron chi connectivity index (χ1n) is 4.41. The highest BCUT2D eigenvalue weighted by atomic mass is 16.3. The normalized spacial score (nSPS) is 12.1. The van der Waals surface area contributed by atoms with Crippen molar-refractivity contribution in [2.75, 3.05) is 11.9 Å². The van der Waals surface area contributed by atoms with Crippen molar-refractivity contribution in [1.82, 2.24) is 0 Å². The molecule has 4 nitrogen and oxygen atoms in total. The lowest BCUT2D eigenvalue weighted by atomic mass is 10.2. The Morgan fingerprint density at radius 1 is 1.64 bits per heavy atom. The molecule has 0 saturated carbocycles. The molecular formula is C10H14N2O2. The maximum absolute atomic E-state index is 10.8. The molecule has 4 heteroatoms. The second kappa shape index (κ2) is 4.62. The van der Waals surface area contributed by atoms with Crippen LogP contribution in [-0.4, -0.2) is 23.7 Å². The molecule has 1 aromatic rings. The first-order valence-corrected chi connectivity index (χ1v) is 4.41. The molecule has 1 aromatic carbocycles. The molecule has 1 atom stereocenters. The lowest BCUT2D eigenvalue weighted by Gasteiger charge is -2.08. The van der Waals surface area contributed by atoms with Gasteiger partial charge >= 0.3 is 0 Å². The molecule has 0 aromatic heterocycles. The molecule has 4 N–H and O–H groups in total. The van der Waals surface area contributed by atoms with Crippen molar-refractivity contribution in [3.05, 3.63) is 29.8 Å². The van der Waals surface area contributed by atoms with Gasteiger partial charge in [-0.05, 0) is 25.1 Å². The molecule has 0 aliphatic heterocycles. The van der Waals surface area contributed by atoms with Crippen molar-refractivity contribution in [3.8, 4) is 0 Å². The zero-order valence-corrected chi connectivity index (χ0v) is 8.03. The fraction of sp³-hybridized carbons (Fsp3) is 0.300.